The van der Waals surface area contributed by atoms with Crippen LogP contribution in [0.1, 0.15) is 28.0 Å². The van der Waals surface area contributed by atoms with Gasteiger partial charge in [-0.25, -0.2) is 4.39 Å². The van der Waals surface area contributed by atoms with Gasteiger partial charge in [0.15, 0.2) is 5.78 Å². The molecule has 1 aliphatic carbocycles. The van der Waals surface area contributed by atoms with E-state index in [-0.39, 0.29) is 17.2 Å². The van der Waals surface area contributed by atoms with Crippen LogP contribution in [-0.4, -0.2) is 10.8 Å². The lowest BCUT2D eigenvalue weighted by Gasteiger charge is -2.16. The van der Waals surface area contributed by atoms with E-state index in [4.69, 9.17) is 0 Å². The normalized spacial score (nSPS) is 15.1. The van der Waals surface area contributed by atoms with Gasteiger partial charge in [0.2, 0.25) is 5.56 Å². The van der Waals surface area contributed by atoms with Crippen molar-refractivity contribution in [1.82, 2.24) is 4.98 Å². The molecular weight excluding hydrogens is 329 g/mol. The highest BCUT2D eigenvalue weighted by Crippen LogP contribution is 2.27. The second-order valence-corrected chi connectivity index (χ2v) is 6.32. The summed E-state index contributed by atoms with van der Waals surface area (Å²) in [7, 11) is 0. The SMILES string of the molecule is O=C1/C(=C/c2cccc(-c3ccccc3F)c2)CCc2[nH]c(=O)ccc21. The number of nitrogens with one attached hydrogen (secondary N) is 1. The van der Waals surface area contributed by atoms with Gasteiger partial charge in [0, 0.05) is 28.5 Å². The Hall–Kier alpha value is -3.27. The number of ketones is 1. The number of Topliss-reactive ketones (excluding diaryl/α,β-unsaturated/α-hetero) is 1. The number of hydrogen-bond donors (Lipinski definition) is 1. The number of allylic oxidation sites excluding steroid dienone is 1. The van der Waals surface area contributed by atoms with Crippen LogP contribution in [-0.2, 0) is 6.42 Å². The van der Waals surface area contributed by atoms with E-state index in [1.54, 1.807) is 24.3 Å². The Morgan fingerprint density at radius 3 is 2.58 bits per heavy atom. The fourth-order valence-electron chi connectivity index (χ4n) is 3.30. The van der Waals surface area contributed by atoms with E-state index in [2.05, 4.69) is 4.98 Å². The van der Waals surface area contributed by atoms with E-state index in [0.29, 0.717) is 35.2 Å². The lowest BCUT2D eigenvalue weighted by atomic mass is 9.89. The first-order chi connectivity index (χ1) is 12.6. The zero-order chi connectivity index (χ0) is 18.1. The molecule has 1 heterocycles. The van der Waals surface area contributed by atoms with Crippen LogP contribution < -0.4 is 5.56 Å². The standard InChI is InChI=1S/C22H16FNO2/c23-19-7-2-1-6-17(19)15-5-3-4-14(12-15)13-16-8-10-20-18(22(16)26)9-11-21(25)24-20/h1-7,9,11-13H,8,10H2,(H,24,25)/b16-13+. The third kappa shape index (κ3) is 3.02. The molecule has 26 heavy (non-hydrogen) atoms. The van der Waals surface area contributed by atoms with Gasteiger partial charge >= 0.3 is 0 Å². The number of benzene rings is 2. The van der Waals surface area contributed by atoms with Gasteiger partial charge in [-0.2, -0.15) is 0 Å². The van der Waals surface area contributed by atoms with Gasteiger partial charge in [0.05, 0.1) is 0 Å². The first kappa shape index (κ1) is 16.2. The molecule has 0 aliphatic heterocycles. The predicted octanol–water partition coefficient (Wildman–Crippen LogP) is 4.39. The van der Waals surface area contributed by atoms with Crippen LogP contribution in [0, 0.1) is 5.82 Å². The summed E-state index contributed by atoms with van der Waals surface area (Å²) >= 11 is 0. The van der Waals surface area contributed by atoms with E-state index in [9.17, 15) is 14.0 Å². The summed E-state index contributed by atoms with van der Waals surface area (Å²) in [5.74, 6) is -0.345. The fraction of sp³-hybridized carbons (Fsp3) is 0.0909. The molecule has 4 heteroatoms. The molecule has 1 aromatic heterocycles. The molecule has 3 nitrogen and oxygen atoms in total. The zero-order valence-corrected chi connectivity index (χ0v) is 14.0. The molecule has 1 N–H and O–H groups in total. The summed E-state index contributed by atoms with van der Waals surface area (Å²) < 4.78 is 14.0. The quantitative estimate of drug-likeness (QED) is 0.700. The van der Waals surface area contributed by atoms with Crippen LogP contribution >= 0.6 is 0 Å². The van der Waals surface area contributed by atoms with Gasteiger partial charge < -0.3 is 4.98 Å². The Morgan fingerprint density at radius 1 is 0.885 bits per heavy atom. The highest BCUT2D eigenvalue weighted by Gasteiger charge is 2.22. The zero-order valence-electron chi connectivity index (χ0n) is 14.0. The molecular formula is C22H16FNO2. The largest absolute Gasteiger partial charge is 0.325 e. The van der Waals surface area contributed by atoms with E-state index in [0.717, 1.165) is 11.1 Å². The third-order valence-electron chi connectivity index (χ3n) is 4.59. The summed E-state index contributed by atoms with van der Waals surface area (Å²) in [5.41, 5.74) is 3.89. The minimum atomic E-state index is -0.274. The molecule has 0 saturated heterocycles. The maximum atomic E-state index is 14.0. The van der Waals surface area contributed by atoms with E-state index in [1.165, 1.54) is 12.1 Å². The number of halogens is 1. The van der Waals surface area contributed by atoms with E-state index >= 15 is 0 Å². The third-order valence-corrected chi connectivity index (χ3v) is 4.59. The Morgan fingerprint density at radius 2 is 1.73 bits per heavy atom. The van der Waals surface area contributed by atoms with Crippen molar-refractivity contribution in [3.63, 3.8) is 0 Å². The van der Waals surface area contributed by atoms with Gasteiger partial charge in [-0.3, -0.25) is 9.59 Å². The predicted molar refractivity (Wildman–Crippen MR) is 99.5 cm³/mol. The van der Waals surface area contributed by atoms with Crippen molar-refractivity contribution in [3.8, 4) is 11.1 Å². The Labute approximate surface area is 149 Å². The maximum Gasteiger partial charge on any atom is 0.248 e. The Bertz CT molecular complexity index is 1100. The smallest absolute Gasteiger partial charge is 0.248 e. The highest BCUT2D eigenvalue weighted by molar-refractivity contribution is 6.12. The number of aryl methyl sites for hydroxylation is 1. The van der Waals surface area contributed by atoms with Crippen molar-refractivity contribution in [2.24, 2.45) is 0 Å². The molecule has 0 saturated carbocycles. The molecule has 1 aliphatic rings. The Kier molecular flexibility index (Phi) is 4.09. The molecule has 4 rings (SSSR count). The maximum absolute atomic E-state index is 14.0. The van der Waals surface area contributed by atoms with Crippen LogP contribution in [0.4, 0.5) is 4.39 Å². The molecule has 0 unspecified atom stereocenters. The van der Waals surface area contributed by atoms with E-state index in [1.807, 2.05) is 30.3 Å². The second kappa shape index (κ2) is 6.56. The number of rotatable bonds is 2. The van der Waals surface area contributed by atoms with Crippen molar-refractivity contribution in [3.05, 3.63) is 99.2 Å². The van der Waals surface area contributed by atoms with Crippen molar-refractivity contribution >= 4 is 11.9 Å². The van der Waals surface area contributed by atoms with Gasteiger partial charge in [-0.1, -0.05) is 36.4 Å². The molecule has 2 aromatic carbocycles. The number of aromatic amines is 1. The summed E-state index contributed by atoms with van der Waals surface area (Å²) in [6.45, 7) is 0. The molecule has 0 spiro atoms. The number of fused-ring (bicyclic) bond motifs is 1. The van der Waals surface area contributed by atoms with Crippen molar-refractivity contribution in [2.75, 3.05) is 0 Å². The summed E-state index contributed by atoms with van der Waals surface area (Å²) in [4.78, 5) is 26.8. The number of H-pyrrole nitrogens is 1. The van der Waals surface area contributed by atoms with E-state index < -0.39 is 0 Å². The first-order valence-corrected chi connectivity index (χ1v) is 8.44. The lowest BCUT2D eigenvalue weighted by molar-refractivity contribution is 0.102. The molecule has 128 valence electrons. The molecule has 0 amide bonds. The summed E-state index contributed by atoms with van der Waals surface area (Å²) in [5, 5.41) is 0. The van der Waals surface area contributed by atoms with Crippen LogP contribution in [0.3, 0.4) is 0 Å². The lowest BCUT2D eigenvalue weighted by Crippen LogP contribution is -2.19. The van der Waals surface area contributed by atoms with Gasteiger partial charge in [0.1, 0.15) is 5.82 Å². The fourth-order valence-corrected chi connectivity index (χ4v) is 3.30. The monoisotopic (exact) mass is 345 g/mol. The van der Waals surface area contributed by atoms with Gasteiger partial charge in [-0.15, -0.1) is 0 Å². The van der Waals surface area contributed by atoms with Crippen LogP contribution in [0.2, 0.25) is 0 Å². The van der Waals surface area contributed by atoms with Crippen molar-refractivity contribution < 1.29 is 9.18 Å². The number of hydrogen-bond acceptors (Lipinski definition) is 2. The topological polar surface area (TPSA) is 49.9 Å². The second-order valence-electron chi connectivity index (χ2n) is 6.32. The molecule has 0 bridgehead atoms. The minimum absolute atomic E-state index is 0.0706. The van der Waals surface area contributed by atoms with Crippen molar-refractivity contribution in [1.29, 1.82) is 0 Å². The first-order valence-electron chi connectivity index (χ1n) is 8.44. The average molecular weight is 345 g/mol. The van der Waals surface area contributed by atoms with Gasteiger partial charge in [-0.05, 0) is 48.2 Å². The molecule has 0 radical (unpaired) electrons. The van der Waals surface area contributed by atoms with Crippen LogP contribution in [0.15, 0.2) is 71.0 Å². The molecule has 0 atom stereocenters. The Balaban J connectivity index is 1.70. The number of carbonyl (C=O) groups excluding carboxylic acids is 1. The molecule has 3 aromatic rings. The van der Waals surface area contributed by atoms with Crippen LogP contribution in [0.5, 0.6) is 0 Å². The highest BCUT2D eigenvalue weighted by atomic mass is 19.1. The average Bonchev–Trinajstić information content (AvgIpc) is 2.65. The minimum Gasteiger partial charge on any atom is -0.325 e. The summed E-state index contributed by atoms with van der Waals surface area (Å²) in [6, 6.07) is 17.1. The number of pyridine rings is 1. The van der Waals surface area contributed by atoms with Gasteiger partial charge in [0.25, 0.3) is 0 Å². The summed E-state index contributed by atoms with van der Waals surface area (Å²) in [6.07, 6.45) is 3.03. The van der Waals surface area contributed by atoms with Crippen molar-refractivity contribution in [2.45, 2.75) is 12.8 Å². The molecule has 0 fully saturated rings. The number of carbonyl (C=O) groups is 1. The van der Waals surface area contributed by atoms with Crippen LogP contribution in [0.25, 0.3) is 17.2 Å². The number of aromatic nitrogens is 1.